The van der Waals surface area contributed by atoms with E-state index in [2.05, 4.69) is 5.32 Å². The highest BCUT2D eigenvalue weighted by molar-refractivity contribution is 7.92. The SMILES string of the molecule is COc1ccc(OC)c([C@H](C)NC(=O)CN(c2ccc(F)c(Cl)c2)S(C)(=O)=O)c1. The number of rotatable bonds is 8. The van der Waals surface area contributed by atoms with Crippen LogP contribution in [0.5, 0.6) is 11.5 Å². The third kappa shape index (κ3) is 5.74. The van der Waals surface area contributed by atoms with E-state index in [0.29, 0.717) is 17.1 Å². The van der Waals surface area contributed by atoms with E-state index in [4.69, 9.17) is 21.1 Å². The third-order valence-corrected chi connectivity index (χ3v) is 5.59. The summed E-state index contributed by atoms with van der Waals surface area (Å²) in [5, 5.41) is 2.49. The number of hydrogen-bond acceptors (Lipinski definition) is 5. The molecule has 0 unspecified atom stereocenters. The molecule has 29 heavy (non-hydrogen) atoms. The van der Waals surface area contributed by atoms with Gasteiger partial charge in [0.2, 0.25) is 15.9 Å². The van der Waals surface area contributed by atoms with Crippen LogP contribution in [0.4, 0.5) is 10.1 Å². The molecule has 0 spiro atoms. The van der Waals surface area contributed by atoms with Crippen molar-refractivity contribution < 1.29 is 27.1 Å². The fraction of sp³-hybridized carbons (Fsp3) is 0.316. The number of nitrogens with zero attached hydrogens (tertiary/aromatic N) is 1. The number of sulfonamides is 1. The topological polar surface area (TPSA) is 84.9 Å². The van der Waals surface area contributed by atoms with E-state index in [-0.39, 0.29) is 10.7 Å². The van der Waals surface area contributed by atoms with E-state index in [0.717, 1.165) is 22.7 Å². The van der Waals surface area contributed by atoms with E-state index in [9.17, 15) is 17.6 Å². The third-order valence-electron chi connectivity index (χ3n) is 4.16. The van der Waals surface area contributed by atoms with Crippen LogP contribution in [0.1, 0.15) is 18.5 Å². The van der Waals surface area contributed by atoms with Crippen molar-refractivity contribution in [3.63, 3.8) is 0 Å². The standard InChI is InChI=1S/C19H22ClFN2O5S/c1-12(15-10-14(27-2)6-8-18(15)28-3)22-19(24)11-23(29(4,25)26)13-5-7-17(21)16(20)9-13/h5-10,12H,11H2,1-4H3,(H,22,24)/t12-/m0/s1. The average Bonchev–Trinajstić information content (AvgIpc) is 2.66. The van der Waals surface area contributed by atoms with Crippen LogP contribution in [-0.2, 0) is 14.8 Å². The number of anilines is 1. The van der Waals surface area contributed by atoms with E-state index in [1.165, 1.54) is 20.3 Å². The maximum atomic E-state index is 13.4. The fourth-order valence-electron chi connectivity index (χ4n) is 2.71. The molecule has 0 saturated carbocycles. The lowest BCUT2D eigenvalue weighted by molar-refractivity contribution is -0.120. The lowest BCUT2D eigenvalue weighted by Gasteiger charge is -2.24. The van der Waals surface area contributed by atoms with Crippen LogP contribution in [0.15, 0.2) is 36.4 Å². The van der Waals surface area contributed by atoms with Crippen LogP contribution >= 0.6 is 11.6 Å². The maximum absolute atomic E-state index is 13.4. The molecule has 2 rings (SSSR count). The van der Waals surface area contributed by atoms with Crippen molar-refractivity contribution in [3.8, 4) is 11.5 Å². The Morgan fingerprint density at radius 3 is 2.45 bits per heavy atom. The Morgan fingerprint density at radius 2 is 1.90 bits per heavy atom. The van der Waals surface area contributed by atoms with Gasteiger partial charge in [0.05, 0.1) is 37.2 Å². The van der Waals surface area contributed by atoms with Crippen molar-refractivity contribution in [1.29, 1.82) is 0 Å². The number of carbonyl (C=O) groups excluding carboxylic acids is 1. The summed E-state index contributed by atoms with van der Waals surface area (Å²) in [5.41, 5.74) is 0.747. The highest BCUT2D eigenvalue weighted by Gasteiger charge is 2.23. The van der Waals surface area contributed by atoms with Gasteiger partial charge in [-0.05, 0) is 43.3 Å². The van der Waals surface area contributed by atoms with Crippen LogP contribution in [0.25, 0.3) is 0 Å². The molecule has 0 aliphatic rings. The fourth-order valence-corrected chi connectivity index (χ4v) is 3.74. The molecule has 2 aromatic carbocycles. The van der Waals surface area contributed by atoms with Crippen LogP contribution in [0.3, 0.4) is 0 Å². The van der Waals surface area contributed by atoms with Crippen LogP contribution in [-0.4, -0.2) is 41.3 Å². The highest BCUT2D eigenvalue weighted by atomic mass is 35.5. The number of ether oxygens (including phenoxy) is 2. The summed E-state index contributed by atoms with van der Waals surface area (Å²) in [5.74, 6) is -0.121. The lowest BCUT2D eigenvalue weighted by atomic mass is 10.1. The summed E-state index contributed by atoms with van der Waals surface area (Å²) < 4.78 is 49.1. The molecule has 0 bridgehead atoms. The molecular formula is C19H22ClFN2O5S. The van der Waals surface area contributed by atoms with Crippen molar-refractivity contribution in [1.82, 2.24) is 5.32 Å². The monoisotopic (exact) mass is 444 g/mol. The number of carbonyl (C=O) groups is 1. The molecule has 1 N–H and O–H groups in total. The minimum absolute atomic E-state index is 0.0839. The Balaban J connectivity index is 2.23. The first-order valence-corrected chi connectivity index (χ1v) is 10.7. The number of benzene rings is 2. The molecule has 1 amide bonds. The van der Waals surface area contributed by atoms with E-state index >= 15 is 0 Å². The molecule has 0 aliphatic carbocycles. The van der Waals surface area contributed by atoms with Crippen molar-refractivity contribution in [2.75, 3.05) is 31.3 Å². The van der Waals surface area contributed by atoms with Gasteiger partial charge in [0.1, 0.15) is 23.9 Å². The van der Waals surface area contributed by atoms with Gasteiger partial charge in [-0.25, -0.2) is 12.8 Å². The molecule has 10 heteroatoms. The molecule has 158 valence electrons. The molecule has 0 fully saturated rings. The van der Waals surface area contributed by atoms with Gasteiger partial charge in [-0.15, -0.1) is 0 Å². The Labute approximate surface area is 174 Å². The van der Waals surface area contributed by atoms with Gasteiger partial charge in [-0.3, -0.25) is 9.10 Å². The summed E-state index contributed by atoms with van der Waals surface area (Å²) in [6.45, 7) is 1.23. The molecule has 0 saturated heterocycles. The van der Waals surface area contributed by atoms with Gasteiger partial charge in [-0.1, -0.05) is 11.6 Å². The first-order chi connectivity index (χ1) is 13.6. The highest BCUT2D eigenvalue weighted by Crippen LogP contribution is 2.29. The van der Waals surface area contributed by atoms with Gasteiger partial charge < -0.3 is 14.8 Å². The Morgan fingerprint density at radius 1 is 1.21 bits per heavy atom. The van der Waals surface area contributed by atoms with Crippen molar-refractivity contribution in [3.05, 3.63) is 52.8 Å². The van der Waals surface area contributed by atoms with Gasteiger partial charge in [-0.2, -0.15) is 0 Å². The number of methoxy groups -OCH3 is 2. The number of nitrogens with one attached hydrogen (secondary N) is 1. The molecule has 0 aromatic heterocycles. The minimum atomic E-state index is -3.82. The predicted molar refractivity (Wildman–Crippen MR) is 110 cm³/mol. The largest absolute Gasteiger partial charge is 0.497 e. The molecule has 1 atom stereocenters. The molecule has 2 aromatic rings. The van der Waals surface area contributed by atoms with Crippen molar-refractivity contribution >= 4 is 33.2 Å². The minimum Gasteiger partial charge on any atom is -0.497 e. The summed E-state index contributed by atoms with van der Waals surface area (Å²) in [6, 6.07) is 8.09. The molecule has 0 heterocycles. The Hall–Kier alpha value is -2.52. The summed E-state index contributed by atoms with van der Waals surface area (Å²) in [4.78, 5) is 12.6. The number of halogens is 2. The summed E-state index contributed by atoms with van der Waals surface area (Å²) in [7, 11) is -0.796. The second-order valence-corrected chi connectivity index (χ2v) is 8.58. The van der Waals surface area contributed by atoms with Gasteiger partial charge >= 0.3 is 0 Å². The Kier molecular flexibility index (Phi) is 7.32. The second-order valence-electron chi connectivity index (χ2n) is 6.27. The van der Waals surface area contributed by atoms with Gasteiger partial charge in [0, 0.05) is 5.56 Å². The van der Waals surface area contributed by atoms with E-state index in [1.807, 2.05) is 0 Å². The van der Waals surface area contributed by atoms with E-state index < -0.39 is 34.3 Å². The van der Waals surface area contributed by atoms with Gasteiger partial charge in [0.15, 0.2) is 0 Å². The average molecular weight is 445 g/mol. The molecule has 0 aliphatic heterocycles. The number of hydrogen-bond donors (Lipinski definition) is 1. The number of amides is 1. The molecule has 7 nitrogen and oxygen atoms in total. The van der Waals surface area contributed by atoms with Crippen LogP contribution in [0.2, 0.25) is 5.02 Å². The normalized spacial score (nSPS) is 12.2. The lowest BCUT2D eigenvalue weighted by Crippen LogP contribution is -2.41. The molecular weight excluding hydrogens is 423 g/mol. The predicted octanol–water partition coefficient (Wildman–Crippen LogP) is 3.14. The Bertz CT molecular complexity index is 1000. The molecule has 0 radical (unpaired) electrons. The second kappa shape index (κ2) is 9.32. The first-order valence-electron chi connectivity index (χ1n) is 8.51. The van der Waals surface area contributed by atoms with E-state index in [1.54, 1.807) is 25.1 Å². The van der Waals surface area contributed by atoms with Gasteiger partial charge in [0.25, 0.3) is 0 Å². The zero-order chi connectivity index (χ0) is 21.8. The summed E-state index contributed by atoms with van der Waals surface area (Å²) in [6.07, 6.45) is 0.950. The van der Waals surface area contributed by atoms with Crippen LogP contribution < -0.4 is 19.1 Å². The smallest absolute Gasteiger partial charge is 0.241 e. The quantitative estimate of drug-likeness (QED) is 0.676. The van der Waals surface area contributed by atoms with Crippen molar-refractivity contribution in [2.24, 2.45) is 0 Å². The van der Waals surface area contributed by atoms with Crippen LogP contribution in [0, 0.1) is 5.82 Å². The maximum Gasteiger partial charge on any atom is 0.241 e. The first kappa shape index (κ1) is 22.8. The zero-order valence-electron chi connectivity index (χ0n) is 16.4. The summed E-state index contributed by atoms with van der Waals surface area (Å²) >= 11 is 5.75. The van der Waals surface area contributed by atoms with Crippen molar-refractivity contribution in [2.45, 2.75) is 13.0 Å². The zero-order valence-corrected chi connectivity index (χ0v) is 18.0.